The molecule has 0 unspecified atom stereocenters. The second kappa shape index (κ2) is 4.23. The maximum absolute atomic E-state index is 11.7. The summed E-state index contributed by atoms with van der Waals surface area (Å²) in [6.07, 6.45) is 2.82. The lowest BCUT2D eigenvalue weighted by Gasteiger charge is -1.98. The molecule has 2 N–H and O–H groups in total. The van der Waals surface area contributed by atoms with Crippen LogP contribution in [0.25, 0.3) is 0 Å². The lowest BCUT2D eigenvalue weighted by atomic mass is 10.2. The average molecular weight is 236 g/mol. The van der Waals surface area contributed by atoms with Crippen molar-refractivity contribution in [1.82, 2.24) is 14.3 Å². The molecule has 0 radical (unpaired) electrons. The fraction of sp³-hybridized carbons (Fsp3) is 0.111. The highest BCUT2D eigenvalue weighted by Gasteiger charge is 2.11. The molecule has 2 aromatic heterocycles. The maximum Gasteiger partial charge on any atom is 0.262 e. The Morgan fingerprint density at radius 1 is 1.56 bits per heavy atom. The van der Waals surface area contributed by atoms with Gasteiger partial charge in [-0.15, -0.1) is 0 Å². The van der Waals surface area contributed by atoms with Gasteiger partial charge in [-0.1, -0.05) is 0 Å². The zero-order valence-electron chi connectivity index (χ0n) is 8.35. The monoisotopic (exact) mass is 236 g/mol. The second-order valence-electron chi connectivity index (χ2n) is 3.02. The number of nitrogens with one attached hydrogen (secondary N) is 2. The minimum atomic E-state index is -0.488. The van der Waals surface area contributed by atoms with Gasteiger partial charge in [0.1, 0.15) is 11.4 Å². The number of nitrogens with zero attached hydrogens (tertiary/aromatic N) is 2. The Balaban J connectivity index is 2.21. The van der Waals surface area contributed by atoms with E-state index in [0.717, 1.165) is 11.5 Å². The summed E-state index contributed by atoms with van der Waals surface area (Å²) in [5, 5.41) is 2.89. The Morgan fingerprint density at radius 3 is 3.00 bits per heavy atom. The fourth-order valence-electron chi connectivity index (χ4n) is 1.11. The highest BCUT2D eigenvalue weighted by atomic mass is 32.1. The number of hydrogen-bond acceptors (Lipinski definition) is 5. The maximum atomic E-state index is 11.7. The van der Waals surface area contributed by atoms with E-state index in [4.69, 9.17) is 0 Å². The van der Waals surface area contributed by atoms with Gasteiger partial charge in [0.25, 0.3) is 5.91 Å². The first kappa shape index (κ1) is 10.5. The Kier molecular flexibility index (Phi) is 2.78. The van der Waals surface area contributed by atoms with Crippen molar-refractivity contribution < 1.29 is 4.79 Å². The van der Waals surface area contributed by atoms with Crippen molar-refractivity contribution in [2.45, 2.75) is 6.92 Å². The van der Waals surface area contributed by atoms with Crippen molar-refractivity contribution in [2.75, 3.05) is 5.32 Å². The molecule has 82 valence electrons. The summed E-state index contributed by atoms with van der Waals surface area (Å²) >= 11 is 1.07. The molecule has 0 aromatic carbocycles. The minimum absolute atomic E-state index is 0.0513. The molecule has 1 amide bonds. The normalized spacial score (nSPS) is 10.1. The van der Waals surface area contributed by atoms with Crippen molar-refractivity contribution in [1.29, 1.82) is 0 Å². The Labute approximate surface area is 94.5 Å². The molecule has 7 heteroatoms. The van der Waals surface area contributed by atoms with Crippen LogP contribution in [0, 0.1) is 6.92 Å². The topological polar surface area (TPSA) is 87.7 Å². The Hall–Kier alpha value is -2.02. The van der Waals surface area contributed by atoms with E-state index in [1.54, 1.807) is 6.92 Å². The quantitative estimate of drug-likeness (QED) is 0.806. The molecule has 16 heavy (non-hydrogen) atoms. The van der Waals surface area contributed by atoms with E-state index in [9.17, 15) is 9.59 Å². The first-order valence-electron chi connectivity index (χ1n) is 4.45. The predicted octanol–water partition coefficient (Wildman–Crippen LogP) is 0.787. The number of pyridine rings is 1. The third kappa shape index (κ3) is 2.14. The van der Waals surface area contributed by atoms with E-state index < -0.39 is 5.91 Å². The van der Waals surface area contributed by atoms with Crippen LogP contribution in [0.3, 0.4) is 0 Å². The molecule has 2 heterocycles. The van der Waals surface area contributed by atoms with Gasteiger partial charge in [-0.05, 0) is 6.92 Å². The lowest BCUT2D eigenvalue weighted by molar-refractivity contribution is 0.102. The molecule has 0 spiro atoms. The van der Waals surface area contributed by atoms with Gasteiger partial charge in [-0.3, -0.25) is 14.9 Å². The van der Waals surface area contributed by atoms with Gasteiger partial charge in [-0.25, -0.2) is 4.98 Å². The Morgan fingerprint density at radius 2 is 2.38 bits per heavy atom. The van der Waals surface area contributed by atoms with Gasteiger partial charge < -0.3 is 4.98 Å². The predicted molar refractivity (Wildman–Crippen MR) is 59.7 cm³/mol. The van der Waals surface area contributed by atoms with Crippen molar-refractivity contribution in [3.05, 3.63) is 40.1 Å². The summed E-state index contributed by atoms with van der Waals surface area (Å²) in [5.74, 6) is 0.0975. The van der Waals surface area contributed by atoms with Crippen LogP contribution < -0.4 is 10.7 Å². The van der Waals surface area contributed by atoms with Gasteiger partial charge in [0, 0.05) is 30.0 Å². The SMILES string of the molecule is Cc1nsc(NC(=O)c2c[nH]ccc2=O)n1. The second-order valence-corrected chi connectivity index (χ2v) is 3.77. The van der Waals surface area contributed by atoms with Crippen molar-refractivity contribution in [3.63, 3.8) is 0 Å². The summed E-state index contributed by atoms with van der Waals surface area (Å²) < 4.78 is 3.92. The molecule has 2 rings (SSSR count). The van der Waals surface area contributed by atoms with E-state index in [2.05, 4.69) is 19.7 Å². The molecule has 0 aliphatic carbocycles. The number of aromatic amines is 1. The van der Waals surface area contributed by atoms with Crippen LogP contribution in [-0.4, -0.2) is 20.2 Å². The first-order valence-corrected chi connectivity index (χ1v) is 5.23. The summed E-state index contributed by atoms with van der Waals surface area (Å²) in [6, 6.07) is 1.29. The molecule has 0 fully saturated rings. The van der Waals surface area contributed by atoms with Crippen molar-refractivity contribution >= 4 is 22.6 Å². The zero-order chi connectivity index (χ0) is 11.5. The lowest BCUT2D eigenvalue weighted by Crippen LogP contribution is -2.20. The molecular weight excluding hydrogens is 228 g/mol. The van der Waals surface area contributed by atoms with Gasteiger partial charge in [0.05, 0.1) is 0 Å². The first-order chi connectivity index (χ1) is 7.66. The number of rotatable bonds is 2. The summed E-state index contributed by atoms with van der Waals surface area (Å²) in [7, 11) is 0. The van der Waals surface area contributed by atoms with Crippen LogP contribution in [0.2, 0.25) is 0 Å². The van der Waals surface area contributed by atoms with Crippen LogP contribution in [0.15, 0.2) is 23.3 Å². The fourth-order valence-corrected chi connectivity index (χ4v) is 1.68. The smallest absolute Gasteiger partial charge is 0.262 e. The number of anilines is 1. The number of carbonyl (C=O) groups excluding carboxylic acids is 1. The average Bonchev–Trinajstić information content (AvgIpc) is 2.64. The molecule has 0 saturated heterocycles. The van der Waals surface area contributed by atoms with Gasteiger partial charge in [-0.2, -0.15) is 4.37 Å². The van der Waals surface area contributed by atoms with E-state index in [1.807, 2.05) is 0 Å². The van der Waals surface area contributed by atoms with Crippen LogP contribution in [0.5, 0.6) is 0 Å². The molecule has 0 aliphatic heterocycles. The van der Waals surface area contributed by atoms with Crippen molar-refractivity contribution in [3.8, 4) is 0 Å². The molecule has 0 bridgehead atoms. The summed E-state index contributed by atoms with van der Waals surface area (Å²) in [6.45, 7) is 1.72. The number of hydrogen-bond donors (Lipinski definition) is 2. The number of carbonyl (C=O) groups is 1. The third-order valence-electron chi connectivity index (χ3n) is 1.82. The van der Waals surface area contributed by atoms with Crippen LogP contribution in [-0.2, 0) is 0 Å². The molecule has 0 aliphatic rings. The highest BCUT2D eigenvalue weighted by molar-refractivity contribution is 7.09. The third-order valence-corrected chi connectivity index (χ3v) is 2.54. The molecule has 0 saturated carbocycles. The molecule has 6 nitrogen and oxygen atoms in total. The van der Waals surface area contributed by atoms with Crippen LogP contribution in [0.4, 0.5) is 5.13 Å². The van der Waals surface area contributed by atoms with Gasteiger partial charge >= 0.3 is 0 Å². The van der Waals surface area contributed by atoms with Crippen LogP contribution >= 0.6 is 11.5 Å². The number of amides is 1. The van der Waals surface area contributed by atoms with E-state index in [1.165, 1.54) is 18.5 Å². The largest absolute Gasteiger partial charge is 0.367 e. The number of aromatic nitrogens is 3. The Bertz CT molecular complexity index is 575. The summed E-state index contributed by atoms with van der Waals surface area (Å²) in [4.78, 5) is 29.6. The molecule has 2 aromatic rings. The van der Waals surface area contributed by atoms with E-state index in [-0.39, 0.29) is 11.0 Å². The minimum Gasteiger partial charge on any atom is -0.367 e. The van der Waals surface area contributed by atoms with E-state index in [0.29, 0.717) is 11.0 Å². The van der Waals surface area contributed by atoms with Crippen molar-refractivity contribution in [2.24, 2.45) is 0 Å². The zero-order valence-corrected chi connectivity index (χ0v) is 9.17. The van der Waals surface area contributed by atoms with Gasteiger partial charge in [0.15, 0.2) is 5.43 Å². The standard InChI is InChI=1S/C9H8N4O2S/c1-5-11-9(16-13-5)12-8(15)6-4-10-3-2-7(6)14/h2-4H,1H3,(H,10,14)(H,11,12,13,15). The van der Waals surface area contributed by atoms with E-state index >= 15 is 0 Å². The molecule has 0 atom stereocenters. The highest BCUT2D eigenvalue weighted by Crippen LogP contribution is 2.10. The number of aryl methyl sites for hydroxylation is 1. The number of H-pyrrole nitrogens is 1. The molecular formula is C9H8N4O2S. The van der Waals surface area contributed by atoms with Gasteiger partial charge in [0.2, 0.25) is 5.13 Å². The van der Waals surface area contributed by atoms with Crippen LogP contribution in [0.1, 0.15) is 16.2 Å². The summed E-state index contributed by atoms with van der Waals surface area (Å²) in [5.41, 5.74) is -0.284.